The summed E-state index contributed by atoms with van der Waals surface area (Å²) < 4.78 is 11.1. The summed E-state index contributed by atoms with van der Waals surface area (Å²) in [5, 5.41) is 6.70. The number of ether oxygens (including phenoxy) is 2. The number of methoxy groups -OCH3 is 1. The number of nitrogens with one attached hydrogen (secondary N) is 2. The van der Waals surface area contributed by atoms with Crippen LogP contribution in [0.2, 0.25) is 0 Å². The summed E-state index contributed by atoms with van der Waals surface area (Å²) in [7, 11) is 1.64. The van der Waals surface area contributed by atoms with E-state index in [0.717, 1.165) is 43.5 Å². The molecule has 1 aromatic rings. The Morgan fingerprint density at radius 2 is 2.11 bits per heavy atom. The maximum atomic E-state index is 11.8. The highest BCUT2D eigenvalue weighted by molar-refractivity contribution is 14.0. The summed E-state index contributed by atoms with van der Waals surface area (Å²) >= 11 is 0. The summed E-state index contributed by atoms with van der Waals surface area (Å²) in [4.78, 5) is 18.4. The molecule has 0 aliphatic carbocycles. The summed E-state index contributed by atoms with van der Waals surface area (Å²) in [6.45, 7) is 8.77. The van der Waals surface area contributed by atoms with Gasteiger partial charge in [0.15, 0.2) is 5.96 Å². The number of benzene rings is 1. The molecule has 0 radical (unpaired) electrons. The fourth-order valence-electron chi connectivity index (χ4n) is 3.01. The van der Waals surface area contributed by atoms with Crippen molar-refractivity contribution in [2.45, 2.75) is 45.8 Å². The van der Waals surface area contributed by atoms with Crippen molar-refractivity contribution in [3.8, 4) is 11.5 Å². The van der Waals surface area contributed by atoms with Crippen molar-refractivity contribution in [1.82, 2.24) is 15.5 Å². The van der Waals surface area contributed by atoms with E-state index in [9.17, 15) is 4.79 Å². The number of carbonyl (C=O) groups is 1. The van der Waals surface area contributed by atoms with Crippen molar-refractivity contribution in [3.63, 3.8) is 0 Å². The topological polar surface area (TPSA) is 75.2 Å². The number of hydrogen-bond acceptors (Lipinski definition) is 4. The zero-order valence-corrected chi connectivity index (χ0v) is 19.6. The van der Waals surface area contributed by atoms with Gasteiger partial charge in [-0.2, -0.15) is 0 Å². The van der Waals surface area contributed by atoms with Gasteiger partial charge in [-0.15, -0.1) is 24.0 Å². The molecule has 2 atom stereocenters. The second-order valence-corrected chi connectivity index (χ2v) is 6.65. The minimum absolute atomic E-state index is 0. The van der Waals surface area contributed by atoms with Crippen molar-refractivity contribution >= 4 is 35.8 Å². The number of amides is 1. The van der Waals surface area contributed by atoms with E-state index >= 15 is 0 Å². The SMILES string of the molecule is CCNC(=NCC(C)Oc1cccc(OC)c1)NC1CCN(C(=O)CC)C1.I. The van der Waals surface area contributed by atoms with Crippen LogP contribution in [-0.4, -0.2) is 62.2 Å². The average molecular weight is 504 g/mol. The van der Waals surface area contributed by atoms with Crippen LogP contribution in [0.15, 0.2) is 29.3 Å². The molecule has 8 heteroatoms. The summed E-state index contributed by atoms with van der Waals surface area (Å²) in [5.74, 6) is 2.50. The van der Waals surface area contributed by atoms with E-state index in [1.165, 1.54) is 0 Å². The van der Waals surface area contributed by atoms with E-state index in [4.69, 9.17) is 9.47 Å². The van der Waals surface area contributed by atoms with Gasteiger partial charge in [-0.25, -0.2) is 4.99 Å². The van der Waals surface area contributed by atoms with Gasteiger partial charge in [0, 0.05) is 38.2 Å². The third-order valence-electron chi connectivity index (χ3n) is 4.41. The van der Waals surface area contributed by atoms with Crippen LogP contribution in [-0.2, 0) is 4.79 Å². The van der Waals surface area contributed by atoms with Gasteiger partial charge in [0.1, 0.15) is 17.6 Å². The minimum Gasteiger partial charge on any atom is -0.497 e. The van der Waals surface area contributed by atoms with Crippen LogP contribution in [0.4, 0.5) is 0 Å². The lowest BCUT2D eigenvalue weighted by atomic mass is 10.3. The predicted molar refractivity (Wildman–Crippen MR) is 123 cm³/mol. The van der Waals surface area contributed by atoms with Crippen molar-refractivity contribution < 1.29 is 14.3 Å². The van der Waals surface area contributed by atoms with Crippen LogP contribution in [0.25, 0.3) is 0 Å². The minimum atomic E-state index is -0.0747. The molecule has 1 amide bonds. The first kappa shape index (κ1) is 24.3. The van der Waals surface area contributed by atoms with E-state index in [1.807, 2.05) is 49.9 Å². The highest BCUT2D eigenvalue weighted by Gasteiger charge is 2.25. The number of hydrogen-bond donors (Lipinski definition) is 2. The standard InChI is InChI=1S/C20H32N4O3.HI/c1-5-19(25)24-11-10-16(14-24)23-20(21-6-2)22-13-15(3)27-18-9-7-8-17(12-18)26-4;/h7-9,12,15-16H,5-6,10-11,13-14H2,1-4H3,(H2,21,22,23);1H. The third-order valence-corrected chi connectivity index (χ3v) is 4.41. The van der Waals surface area contributed by atoms with Crippen molar-refractivity contribution in [2.24, 2.45) is 4.99 Å². The lowest BCUT2D eigenvalue weighted by molar-refractivity contribution is -0.129. The Bertz CT molecular complexity index is 642. The normalized spacial score (nSPS) is 17.5. The summed E-state index contributed by atoms with van der Waals surface area (Å²) in [6.07, 6.45) is 1.42. The summed E-state index contributed by atoms with van der Waals surface area (Å²) in [6, 6.07) is 7.79. The zero-order chi connectivity index (χ0) is 19.6. The Balaban J connectivity index is 0.00000392. The Morgan fingerprint density at radius 1 is 1.36 bits per heavy atom. The van der Waals surface area contributed by atoms with E-state index in [-0.39, 0.29) is 42.0 Å². The Labute approximate surface area is 185 Å². The molecule has 0 bridgehead atoms. The predicted octanol–water partition coefficient (Wildman–Crippen LogP) is 2.65. The first-order valence-corrected chi connectivity index (χ1v) is 9.69. The maximum Gasteiger partial charge on any atom is 0.222 e. The third kappa shape index (κ3) is 7.73. The number of halogens is 1. The van der Waals surface area contributed by atoms with Gasteiger partial charge in [-0.3, -0.25) is 4.79 Å². The number of guanidine groups is 1. The number of carbonyl (C=O) groups excluding carboxylic acids is 1. The molecule has 2 unspecified atom stereocenters. The maximum absolute atomic E-state index is 11.8. The van der Waals surface area contributed by atoms with Gasteiger partial charge in [0.05, 0.1) is 13.7 Å². The van der Waals surface area contributed by atoms with E-state index in [2.05, 4.69) is 15.6 Å². The molecule has 0 spiro atoms. The average Bonchev–Trinajstić information content (AvgIpc) is 3.14. The lowest BCUT2D eigenvalue weighted by Crippen LogP contribution is -2.45. The molecule has 1 saturated heterocycles. The summed E-state index contributed by atoms with van der Waals surface area (Å²) in [5.41, 5.74) is 0. The van der Waals surface area contributed by atoms with E-state index in [0.29, 0.717) is 13.0 Å². The van der Waals surface area contributed by atoms with Crippen LogP contribution in [0.5, 0.6) is 11.5 Å². The second kappa shape index (κ2) is 12.7. The molecule has 2 N–H and O–H groups in total. The second-order valence-electron chi connectivity index (χ2n) is 6.65. The van der Waals surface area contributed by atoms with Gasteiger partial charge in [-0.05, 0) is 32.4 Å². The molecule has 0 saturated carbocycles. The van der Waals surface area contributed by atoms with Crippen molar-refractivity contribution in [2.75, 3.05) is 33.3 Å². The Hall–Kier alpha value is -1.71. The fraction of sp³-hybridized carbons (Fsp3) is 0.600. The molecule has 1 aromatic carbocycles. The lowest BCUT2D eigenvalue weighted by Gasteiger charge is -2.19. The first-order chi connectivity index (χ1) is 13.0. The van der Waals surface area contributed by atoms with Gasteiger partial charge in [0.2, 0.25) is 5.91 Å². The smallest absolute Gasteiger partial charge is 0.222 e. The van der Waals surface area contributed by atoms with Crippen LogP contribution in [0.3, 0.4) is 0 Å². The Kier molecular flexibility index (Phi) is 11.0. The number of rotatable bonds is 8. The fourth-order valence-corrected chi connectivity index (χ4v) is 3.01. The van der Waals surface area contributed by atoms with Crippen LogP contribution in [0, 0.1) is 0 Å². The molecule has 1 aliphatic heterocycles. The molecular weight excluding hydrogens is 471 g/mol. The molecule has 1 fully saturated rings. The first-order valence-electron chi connectivity index (χ1n) is 9.69. The quantitative estimate of drug-likeness (QED) is 0.324. The molecule has 1 aliphatic rings. The zero-order valence-electron chi connectivity index (χ0n) is 17.2. The van der Waals surface area contributed by atoms with E-state index in [1.54, 1.807) is 7.11 Å². The molecule has 0 aromatic heterocycles. The van der Waals surface area contributed by atoms with Crippen LogP contribution >= 0.6 is 24.0 Å². The molecule has 2 rings (SSSR count). The molecule has 28 heavy (non-hydrogen) atoms. The van der Waals surface area contributed by atoms with Gasteiger partial charge in [0.25, 0.3) is 0 Å². The highest BCUT2D eigenvalue weighted by Crippen LogP contribution is 2.20. The molecule has 1 heterocycles. The Morgan fingerprint density at radius 3 is 2.79 bits per heavy atom. The largest absolute Gasteiger partial charge is 0.497 e. The number of likely N-dealkylation sites (tertiary alicyclic amines) is 1. The van der Waals surface area contributed by atoms with Gasteiger partial charge >= 0.3 is 0 Å². The van der Waals surface area contributed by atoms with Gasteiger partial charge < -0.3 is 25.0 Å². The molecular formula is C20H33IN4O3. The number of nitrogens with zero attached hydrogens (tertiary/aromatic N) is 2. The molecule has 7 nitrogen and oxygen atoms in total. The highest BCUT2D eigenvalue weighted by atomic mass is 127. The van der Waals surface area contributed by atoms with E-state index < -0.39 is 0 Å². The van der Waals surface area contributed by atoms with Crippen LogP contribution < -0.4 is 20.1 Å². The monoisotopic (exact) mass is 504 g/mol. The van der Waals surface area contributed by atoms with Crippen LogP contribution in [0.1, 0.15) is 33.6 Å². The van der Waals surface area contributed by atoms with Crippen molar-refractivity contribution in [3.05, 3.63) is 24.3 Å². The van der Waals surface area contributed by atoms with Crippen molar-refractivity contribution in [1.29, 1.82) is 0 Å². The number of aliphatic imine (C=N–C) groups is 1. The van der Waals surface area contributed by atoms with Gasteiger partial charge in [-0.1, -0.05) is 13.0 Å². The molecule has 158 valence electrons.